The molecule has 2 heterocycles. The molecule has 1 aromatic rings. The maximum absolute atomic E-state index is 13.2. The van der Waals surface area contributed by atoms with E-state index in [4.69, 9.17) is 16.3 Å². The smallest absolute Gasteiger partial charge is 0.255 e. The molecule has 212 valence electrons. The Morgan fingerprint density at radius 2 is 1.95 bits per heavy atom. The summed E-state index contributed by atoms with van der Waals surface area (Å²) in [5.74, 6) is -0.0389. The first-order valence-corrected chi connectivity index (χ1v) is 15.9. The average molecular weight is 576 g/mol. The van der Waals surface area contributed by atoms with Gasteiger partial charge >= 0.3 is 0 Å². The Morgan fingerprint density at radius 3 is 2.62 bits per heavy atom. The van der Waals surface area contributed by atoms with E-state index in [1.165, 1.54) is 6.26 Å². The van der Waals surface area contributed by atoms with Crippen LogP contribution in [0.15, 0.2) is 58.3 Å². The van der Waals surface area contributed by atoms with Crippen LogP contribution in [0.3, 0.4) is 0 Å². The molecule has 2 aliphatic heterocycles. The molecule has 3 aliphatic rings. The number of hydrogen-bond donors (Lipinski definition) is 2. The highest BCUT2D eigenvalue weighted by atomic mass is 35.5. The zero-order chi connectivity index (χ0) is 28.0. The van der Waals surface area contributed by atoms with Gasteiger partial charge in [-0.2, -0.15) is 0 Å². The second kappa shape index (κ2) is 13.2. The molecule has 8 nitrogen and oxygen atoms in total. The summed E-state index contributed by atoms with van der Waals surface area (Å²) in [5.41, 5.74) is 2.77. The molecule has 4 rings (SSSR count). The number of benzene rings is 1. The number of hydrogen-bond acceptors (Lipinski definition) is 6. The normalized spacial score (nSPS) is 21.1. The van der Waals surface area contributed by atoms with E-state index in [0.29, 0.717) is 55.2 Å². The fraction of sp³-hybridized carbons (Fsp3) is 0.517. The van der Waals surface area contributed by atoms with Gasteiger partial charge in [0.15, 0.2) is 9.84 Å². The minimum Gasteiger partial charge on any atom is -0.376 e. The largest absolute Gasteiger partial charge is 0.376 e. The topological polar surface area (TPSA) is 105 Å². The first-order valence-electron chi connectivity index (χ1n) is 13.6. The van der Waals surface area contributed by atoms with Gasteiger partial charge in [-0.25, -0.2) is 8.42 Å². The molecule has 2 amide bonds. The van der Waals surface area contributed by atoms with Gasteiger partial charge in [-0.3, -0.25) is 9.59 Å². The average Bonchev–Trinajstić information content (AvgIpc) is 3.40. The lowest BCUT2D eigenvalue weighted by atomic mass is 9.91. The number of rotatable bonds is 8. The van der Waals surface area contributed by atoms with Crippen molar-refractivity contribution in [2.45, 2.75) is 58.0 Å². The van der Waals surface area contributed by atoms with Crippen LogP contribution in [-0.4, -0.2) is 63.7 Å². The Kier molecular flexibility index (Phi) is 9.91. The zero-order valence-corrected chi connectivity index (χ0v) is 24.2. The molecule has 2 N–H and O–H groups in total. The van der Waals surface area contributed by atoms with Crippen molar-refractivity contribution in [2.75, 3.05) is 32.5 Å². The van der Waals surface area contributed by atoms with Gasteiger partial charge < -0.3 is 20.3 Å². The van der Waals surface area contributed by atoms with E-state index >= 15 is 0 Å². The van der Waals surface area contributed by atoms with E-state index in [0.717, 1.165) is 43.6 Å². The number of carbonyl (C=O) groups is 2. The number of carbonyl (C=O) groups excluding carboxylic acids is 2. The lowest BCUT2D eigenvalue weighted by molar-refractivity contribution is -0.122. The monoisotopic (exact) mass is 575 g/mol. The molecule has 1 aliphatic carbocycles. The molecule has 1 unspecified atom stereocenters. The first kappa shape index (κ1) is 29.4. The van der Waals surface area contributed by atoms with Crippen molar-refractivity contribution in [3.63, 3.8) is 0 Å². The summed E-state index contributed by atoms with van der Waals surface area (Å²) in [5, 5.41) is 6.44. The zero-order valence-electron chi connectivity index (χ0n) is 22.7. The number of nitrogens with one attached hydrogen (secondary N) is 2. The highest BCUT2D eigenvalue weighted by molar-refractivity contribution is 7.94. The molecule has 0 saturated carbocycles. The van der Waals surface area contributed by atoms with E-state index in [2.05, 4.69) is 15.5 Å². The van der Waals surface area contributed by atoms with Crippen LogP contribution in [0.4, 0.5) is 0 Å². The number of piperidine rings is 1. The van der Waals surface area contributed by atoms with E-state index in [1.807, 2.05) is 6.92 Å². The molecule has 0 bridgehead atoms. The summed E-state index contributed by atoms with van der Waals surface area (Å²) in [6.07, 6.45) is 10.0. The van der Waals surface area contributed by atoms with Crippen LogP contribution >= 0.6 is 11.6 Å². The van der Waals surface area contributed by atoms with Crippen LogP contribution in [0.2, 0.25) is 5.02 Å². The van der Waals surface area contributed by atoms with Crippen LogP contribution in [-0.2, 0) is 19.4 Å². The Labute approximate surface area is 236 Å². The highest BCUT2D eigenvalue weighted by Crippen LogP contribution is 2.31. The lowest BCUT2D eigenvalue weighted by Crippen LogP contribution is -2.39. The molecule has 1 aromatic carbocycles. The number of nitrogens with zero attached hydrogens (tertiary/aromatic N) is 1. The van der Waals surface area contributed by atoms with Crippen molar-refractivity contribution < 1.29 is 22.7 Å². The minimum absolute atomic E-state index is 0.0580. The predicted octanol–water partition coefficient (Wildman–Crippen LogP) is 4.35. The Bertz CT molecular complexity index is 1270. The molecule has 0 spiro atoms. The molecule has 2 saturated heterocycles. The number of halogens is 1. The van der Waals surface area contributed by atoms with E-state index in [9.17, 15) is 18.0 Å². The number of ether oxygens (including phenoxy) is 1. The summed E-state index contributed by atoms with van der Waals surface area (Å²) in [7, 11) is -3.49. The Morgan fingerprint density at radius 1 is 1.18 bits per heavy atom. The Hall–Kier alpha value is -2.62. The number of sulfone groups is 1. The molecular weight excluding hydrogens is 538 g/mol. The van der Waals surface area contributed by atoms with Gasteiger partial charge in [0.25, 0.3) is 5.91 Å². The maximum Gasteiger partial charge on any atom is 0.255 e. The van der Waals surface area contributed by atoms with Crippen molar-refractivity contribution in [3.8, 4) is 0 Å². The van der Waals surface area contributed by atoms with Crippen molar-refractivity contribution in [1.82, 2.24) is 15.5 Å². The van der Waals surface area contributed by atoms with Crippen LogP contribution in [0, 0.1) is 5.92 Å². The summed E-state index contributed by atoms with van der Waals surface area (Å²) in [6, 6.07) is 6.65. The van der Waals surface area contributed by atoms with Gasteiger partial charge in [-0.15, -0.1) is 0 Å². The number of amides is 2. The van der Waals surface area contributed by atoms with E-state index in [-0.39, 0.29) is 28.7 Å². The molecule has 10 heteroatoms. The van der Waals surface area contributed by atoms with Crippen molar-refractivity contribution in [2.24, 2.45) is 5.92 Å². The minimum atomic E-state index is -3.49. The number of allylic oxidation sites excluding steroid dienone is 3. The number of likely N-dealkylation sites (tertiary alicyclic amines) is 1. The molecular formula is C29H38ClN3O5S. The summed E-state index contributed by atoms with van der Waals surface area (Å²) < 4.78 is 30.6. The molecule has 0 radical (unpaired) electrons. The van der Waals surface area contributed by atoms with E-state index in [1.54, 1.807) is 36.4 Å². The SMILES string of the molecule is CC1=C(N2CCC(CC(=O)NCC3CCCO3)CC2)C(NC(=O)c2cccc(Cl)c2)=CC(S(C)(=O)=O)=CCC1. The third-order valence-corrected chi connectivity index (χ3v) is 8.91. The summed E-state index contributed by atoms with van der Waals surface area (Å²) in [6.45, 7) is 4.78. The molecule has 2 fully saturated rings. The summed E-state index contributed by atoms with van der Waals surface area (Å²) in [4.78, 5) is 28.1. The van der Waals surface area contributed by atoms with Crippen molar-refractivity contribution in [1.29, 1.82) is 0 Å². The van der Waals surface area contributed by atoms with Crippen LogP contribution in [0.25, 0.3) is 0 Å². The van der Waals surface area contributed by atoms with Gasteiger partial charge in [-0.05, 0) is 81.2 Å². The maximum atomic E-state index is 13.2. The fourth-order valence-corrected chi connectivity index (χ4v) is 6.34. The van der Waals surface area contributed by atoms with Crippen LogP contribution in [0.1, 0.15) is 62.2 Å². The third kappa shape index (κ3) is 8.19. The van der Waals surface area contributed by atoms with Gasteiger partial charge in [0.1, 0.15) is 0 Å². The fourth-order valence-electron chi connectivity index (χ4n) is 5.39. The summed E-state index contributed by atoms with van der Waals surface area (Å²) >= 11 is 6.10. The van der Waals surface area contributed by atoms with Gasteiger partial charge in [-0.1, -0.05) is 23.7 Å². The lowest BCUT2D eigenvalue weighted by Gasteiger charge is -2.37. The standard InChI is InChI=1S/C29H38ClN3O5S/c1-20-6-3-10-25(39(2,36)37)18-26(32-29(35)22-7-4-8-23(30)17-22)28(20)33-13-11-21(12-14-33)16-27(34)31-19-24-9-5-15-38-24/h4,7-8,10,17-18,21,24H,3,5-6,9,11-16,19H2,1-2H3,(H,31,34)(H,32,35). The van der Waals surface area contributed by atoms with Crippen molar-refractivity contribution >= 4 is 33.3 Å². The predicted molar refractivity (Wildman–Crippen MR) is 153 cm³/mol. The third-order valence-electron chi connectivity index (χ3n) is 7.53. The molecule has 0 aromatic heterocycles. The highest BCUT2D eigenvalue weighted by Gasteiger charge is 2.28. The second-order valence-corrected chi connectivity index (χ2v) is 13.1. The van der Waals surface area contributed by atoms with E-state index < -0.39 is 9.84 Å². The van der Waals surface area contributed by atoms with Gasteiger partial charge in [0, 0.05) is 49.5 Å². The second-order valence-electron chi connectivity index (χ2n) is 10.6. The van der Waals surface area contributed by atoms with Gasteiger partial charge in [0.2, 0.25) is 5.91 Å². The van der Waals surface area contributed by atoms with Crippen molar-refractivity contribution in [3.05, 3.63) is 68.9 Å². The Balaban J connectivity index is 1.49. The first-order chi connectivity index (χ1) is 18.6. The molecule has 39 heavy (non-hydrogen) atoms. The van der Waals surface area contributed by atoms with Gasteiger partial charge in [0.05, 0.1) is 22.4 Å². The van der Waals surface area contributed by atoms with Crippen LogP contribution in [0.5, 0.6) is 0 Å². The molecule has 1 atom stereocenters. The van der Waals surface area contributed by atoms with Crippen LogP contribution < -0.4 is 10.6 Å². The quantitative estimate of drug-likeness (QED) is 0.478.